The Morgan fingerprint density at radius 2 is 1.66 bits per heavy atom. The maximum atomic E-state index is 13.5. The average molecular weight is 994 g/mol. The Bertz CT molecular complexity index is 2810. The summed E-state index contributed by atoms with van der Waals surface area (Å²) in [7, 11) is -1.12. The normalized spacial score (nSPS) is 18.0. The van der Waals surface area contributed by atoms with Gasteiger partial charge in [0.2, 0.25) is 17.8 Å². The Labute approximate surface area is 396 Å². The second-order valence-corrected chi connectivity index (χ2v) is 21.8. The van der Waals surface area contributed by atoms with Crippen LogP contribution in [0.4, 0.5) is 34.5 Å². The molecule has 67 heavy (non-hydrogen) atoms. The Balaban J connectivity index is 0.738. The first-order valence-electron chi connectivity index (χ1n) is 22.7. The van der Waals surface area contributed by atoms with Crippen molar-refractivity contribution in [1.29, 1.82) is 0 Å². The second kappa shape index (κ2) is 19.3. The zero-order valence-electron chi connectivity index (χ0n) is 37.9. The lowest BCUT2D eigenvalue weighted by Crippen LogP contribution is -2.54. The van der Waals surface area contributed by atoms with Gasteiger partial charge in [-0.15, -0.1) is 0 Å². The van der Waals surface area contributed by atoms with Gasteiger partial charge in [-0.3, -0.25) is 39.4 Å². The minimum absolute atomic E-state index is 0.0902. The molecule has 5 aromatic rings. The quantitative estimate of drug-likeness (QED) is 0.0490. The lowest BCUT2D eigenvalue weighted by molar-refractivity contribution is -0.136. The number of halogens is 1. The van der Waals surface area contributed by atoms with Crippen molar-refractivity contribution in [1.82, 2.24) is 40.8 Å². The third-order valence-electron chi connectivity index (χ3n) is 12.9. The lowest BCUT2D eigenvalue weighted by Gasteiger charge is -2.41. The molecule has 0 saturated carbocycles. The van der Waals surface area contributed by atoms with Gasteiger partial charge in [0.15, 0.2) is 0 Å². The Morgan fingerprint density at radius 3 is 2.40 bits per heavy atom. The van der Waals surface area contributed by atoms with Crippen LogP contribution in [0.1, 0.15) is 58.9 Å². The number of ether oxygens (including phenoxy) is 1. The van der Waals surface area contributed by atoms with Crippen molar-refractivity contribution in [2.45, 2.75) is 51.1 Å². The lowest BCUT2D eigenvalue weighted by atomic mass is 9.98. The van der Waals surface area contributed by atoms with Gasteiger partial charge in [-0.05, 0) is 96.9 Å². The fourth-order valence-electron chi connectivity index (χ4n) is 9.45. The highest BCUT2D eigenvalue weighted by Crippen LogP contribution is 2.42. The monoisotopic (exact) mass is 992 g/mol. The van der Waals surface area contributed by atoms with Crippen molar-refractivity contribution >= 4 is 97.6 Å². The SMILES string of the molecule is CCc1cc(Nc2ncc(Br)c(Nc3ccc4nccnc4c3P(C)(C)=O)n2)c(OC)cc1N1CCC(NCCNCC2CN(c3ccc4c(c3)C(=O)N(C3CCC(=O)NC3=O)C4=O)C2)CC1. The first kappa shape index (κ1) is 46.1. The molecule has 9 rings (SSSR count). The molecular formula is C47H54BrN12O6P. The zero-order valence-corrected chi connectivity index (χ0v) is 40.4. The summed E-state index contributed by atoms with van der Waals surface area (Å²) in [6, 6.07) is 12.6. The molecule has 2 aromatic heterocycles. The van der Waals surface area contributed by atoms with Gasteiger partial charge in [0, 0.05) is 100 Å². The van der Waals surface area contributed by atoms with Crippen LogP contribution in [-0.2, 0) is 20.6 Å². The molecule has 6 heterocycles. The molecule has 20 heteroatoms. The van der Waals surface area contributed by atoms with Gasteiger partial charge in [0.05, 0.1) is 44.9 Å². The summed E-state index contributed by atoms with van der Waals surface area (Å²) in [6.07, 6.45) is 7.98. The van der Waals surface area contributed by atoms with Crippen LogP contribution in [0, 0.1) is 5.92 Å². The van der Waals surface area contributed by atoms with E-state index in [-0.39, 0.29) is 12.8 Å². The van der Waals surface area contributed by atoms with Gasteiger partial charge in [0.25, 0.3) is 11.8 Å². The number of aromatic nitrogens is 4. The molecule has 4 aliphatic heterocycles. The number of carbonyl (C=O) groups excluding carboxylic acids is 4. The summed E-state index contributed by atoms with van der Waals surface area (Å²) in [5, 5.41) is 16.9. The summed E-state index contributed by atoms with van der Waals surface area (Å²) in [5.74, 6) is 0.0182. The van der Waals surface area contributed by atoms with Crippen LogP contribution in [0.2, 0.25) is 0 Å². The summed E-state index contributed by atoms with van der Waals surface area (Å²) >= 11 is 3.59. The van der Waals surface area contributed by atoms with Gasteiger partial charge in [0.1, 0.15) is 30.3 Å². The number of hydrogen-bond acceptors (Lipinski definition) is 16. The largest absolute Gasteiger partial charge is 0.494 e. The van der Waals surface area contributed by atoms with Gasteiger partial charge >= 0.3 is 0 Å². The summed E-state index contributed by atoms with van der Waals surface area (Å²) in [5.41, 5.74) is 6.45. The fraction of sp³-hybridized carbons (Fsp3) is 0.404. The number of amides is 4. The molecule has 5 N–H and O–H groups in total. The predicted molar refractivity (Wildman–Crippen MR) is 262 cm³/mol. The highest BCUT2D eigenvalue weighted by Gasteiger charge is 2.45. The van der Waals surface area contributed by atoms with Gasteiger partial charge in [-0.2, -0.15) is 4.98 Å². The van der Waals surface area contributed by atoms with Crippen LogP contribution in [0.15, 0.2) is 65.5 Å². The zero-order chi connectivity index (χ0) is 47.0. The van der Waals surface area contributed by atoms with Crippen LogP contribution in [0.25, 0.3) is 11.0 Å². The minimum atomic E-state index is -2.78. The van der Waals surface area contributed by atoms with Crippen LogP contribution < -0.4 is 46.4 Å². The third-order valence-corrected chi connectivity index (χ3v) is 15.0. The number of nitrogens with one attached hydrogen (secondary N) is 5. The molecule has 1 atom stereocenters. The Hall–Kier alpha value is -6.01. The fourth-order valence-corrected chi connectivity index (χ4v) is 11.1. The van der Waals surface area contributed by atoms with Crippen molar-refractivity contribution < 1.29 is 28.5 Å². The standard InChI is InChI=1S/C47H54BrN12O6P/c1-5-28-20-36(55-47-53-24-33(48)43(57-47)54-35-9-8-34-41(52-17-16-51-34)42(35)67(3,4)65)39(66-2)22-38(28)58-18-12-29(13-19-58)50-15-14-49-23-27-25-59(26-27)30-6-7-31-32(21-30)46(64)60(45(31)63)37-10-11-40(61)56-44(37)62/h6-9,16-17,20-22,24,27,29,37,49-50H,5,10-15,18-19,23,25-26H2,1-4H3,(H,56,61,62)(H2,53,54,55,57). The number of imide groups is 2. The van der Waals surface area contributed by atoms with Gasteiger partial charge in [-0.25, -0.2) is 4.98 Å². The maximum Gasteiger partial charge on any atom is 0.262 e. The number of benzene rings is 3. The molecule has 3 fully saturated rings. The van der Waals surface area contributed by atoms with E-state index in [0.29, 0.717) is 67.1 Å². The molecule has 4 amide bonds. The van der Waals surface area contributed by atoms with Crippen LogP contribution >= 0.6 is 23.1 Å². The maximum absolute atomic E-state index is 13.5. The van der Waals surface area contributed by atoms with Crippen molar-refractivity contribution in [2.75, 3.05) is 86.7 Å². The molecule has 18 nitrogen and oxygen atoms in total. The topological polar surface area (TPSA) is 216 Å². The number of piperidine rings is 2. The van der Waals surface area contributed by atoms with E-state index in [1.165, 1.54) is 5.56 Å². The number of fused-ring (bicyclic) bond motifs is 2. The third kappa shape index (κ3) is 9.60. The molecule has 4 aliphatic rings. The molecule has 0 aliphatic carbocycles. The van der Waals surface area contributed by atoms with Crippen molar-refractivity contribution in [2.24, 2.45) is 5.92 Å². The van der Waals surface area contributed by atoms with Gasteiger partial charge < -0.3 is 40.4 Å². The number of methoxy groups -OCH3 is 1. The van der Waals surface area contributed by atoms with Crippen LogP contribution in [-0.4, -0.2) is 127 Å². The molecule has 350 valence electrons. The summed E-state index contributed by atoms with van der Waals surface area (Å²) < 4.78 is 20.1. The van der Waals surface area contributed by atoms with E-state index < -0.39 is 36.8 Å². The molecule has 3 aromatic carbocycles. The molecule has 0 spiro atoms. The van der Waals surface area contributed by atoms with Gasteiger partial charge in [-0.1, -0.05) is 6.92 Å². The van der Waals surface area contributed by atoms with Crippen molar-refractivity contribution in [3.05, 3.63) is 82.2 Å². The van der Waals surface area contributed by atoms with E-state index in [2.05, 4.69) is 86.3 Å². The highest BCUT2D eigenvalue weighted by atomic mass is 79.9. The number of carbonyl (C=O) groups is 4. The first-order valence-corrected chi connectivity index (χ1v) is 26.0. The Morgan fingerprint density at radius 1 is 0.881 bits per heavy atom. The number of aryl methyl sites for hydroxylation is 1. The van der Waals surface area contributed by atoms with Crippen LogP contribution in [0.5, 0.6) is 5.75 Å². The van der Waals surface area contributed by atoms with Crippen molar-refractivity contribution in [3.63, 3.8) is 0 Å². The molecule has 0 radical (unpaired) electrons. The minimum Gasteiger partial charge on any atom is -0.494 e. The molecule has 1 unspecified atom stereocenters. The number of rotatable bonds is 16. The number of hydrogen-bond donors (Lipinski definition) is 5. The van der Waals surface area contributed by atoms with E-state index in [1.54, 1.807) is 51.2 Å². The first-order chi connectivity index (χ1) is 32.3. The van der Waals surface area contributed by atoms with E-state index in [0.717, 1.165) is 87.0 Å². The molecule has 0 bridgehead atoms. The smallest absolute Gasteiger partial charge is 0.262 e. The van der Waals surface area contributed by atoms with Crippen LogP contribution in [0.3, 0.4) is 0 Å². The molecule has 3 saturated heterocycles. The average Bonchev–Trinajstić information content (AvgIpc) is 3.54. The predicted octanol–water partition coefficient (Wildman–Crippen LogP) is 5.17. The summed E-state index contributed by atoms with van der Waals surface area (Å²) in [6.45, 7) is 11.7. The number of anilines is 6. The van der Waals surface area contributed by atoms with E-state index in [4.69, 9.17) is 9.72 Å². The summed E-state index contributed by atoms with van der Waals surface area (Å²) in [4.78, 5) is 74.3. The number of nitrogens with zero attached hydrogens (tertiary/aromatic N) is 7. The van der Waals surface area contributed by atoms with E-state index in [9.17, 15) is 23.7 Å². The second-order valence-electron chi connectivity index (χ2n) is 17.8. The molecular weight excluding hydrogens is 939 g/mol. The van der Waals surface area contributed by atoms with Crippen molar-refractivity contribution in [3.8, 4) is 5.75 Å². The Kier molecular flexibility index (Phi) is 13.3. The van der Waals surface area contributed by atoms with E-state index in [1.807, 2.05) is 18.2 Å². The van der Waals surface area contributed by atoms with E-state index >= 15 is 0 Å². The highest BCUT2D eigenvalue weighted by molar-refractivity contribution is 9.10.